The molecule has 2 heterocycles. The number of halogens is 2. The fraction of sp³-hybridized carbons (Fsp3) is 0.125. The first kappa shape index (κ1) is 16.1. The fourth-order valence-electron chi connectivity index (χ4n) is 2.40. The van der Waals surface area contributed by atoms with Gasteiger partial charge in [-0.1, -0.05) is 17.7 Å². The van der Waals surface area contributed by atoms with Gasteiger partial charge in [-0.2, -0.15) is 0 Å². The van der Waals surface area contributed by atoms with Crippen LogP contribution in [0.5, 0.6) is 0 Å². The molecule has 2 aromatic rings. The standard InChI is InChI=1S/C16H11ClFN3O3/c17-10-4-1-5-11(18)12(10)14(22)20-7-8-21-15(23)9-3-2-6-19-13(9)16(21)24/h1-6H,7-8H2,(H,20,22). The molecule has 3 rings (SSSR count). The predicted octanol–water partition coefficient (Wildman–Crippen LogP) is 1.90. The lowest BCUT2D eigenvalue weighted by atomic mass is 10.2. The number of hydrogen-bond donors (Lipinski definition) is 1. The van der Waals surface area contributed by atoms with Gasteiger partial charge >= 0.3 is 0 Å². The van der Waals surface area contributed by atoms with E-state index in [1.54, 1.807) is 6.07 Å². The van der Waals surface area contributed by atoms with Crippen molar-refractivity contribution in [1.29, 1.82) is 0 Å². The van der Waals surface area contributed by atoms with Gasteiger partial charge in [0.15, 0.2) is 0 Å². The van der Waals surface area contributed by atoms with Crippen LogP contribution in [0.3, 0.4) is 0 Å². The molecule has 122 valence electrons. The number of benzene rings is 1. The summed E-state index contributed by atoms with van der Waals surface area (Å²) in [5, 5.41) is 2.43. The van der Waals surface area contributed by atoms with Crippen LogP contribution < -0.4 is 5.32 Å². The minimum Gasteiger partial charge on any atom is -0.350 e. The summed E-state index contributed by atoms with van der Waals surface area (Å²) in [5.41, 5.74) is 0.0418. The Bertz CT molecular complexity index is 801. The lowest BCUT2D eigenvalue weighted by Crippen LogP contribution is -2.38. The molecular weight excluding hydrogens is 337 g/mol. The van der Waals surface area contributed by atoms with E-state index in [0.717, 1.165) is 11.0 Å². The van der Waals surface area contributed by atoms with Gasteiger partial charge in [0.25, 0.3) is 17.7 Å². The van der Waals surface area contributed by atoms with E-state index in [1.807, 2.05) is 0 Å². The number of carbonyl (C=O) groups excluding carboxylic acids is 3. The molecule has 6 nitrogen and oxygen atoms in total. The van der Waals surface area contributed by atoms with Crippen molar-refractivity contribution in [2.24, 2.45) is 0 Å². The van der Waals surface area contributed by atoms with Crippen LogP contribution in [-0.2, 0) is 0 Å². The smallest absolute Gasteiger partial charge is 0.280 e. The van der Waals surface area contributed by atoms with Crippen LogP contribution in [-0.4, -0.2) is 40.7 Å². The molecule has 0 aliphatic carbocycles. The molecule has 8 heteroatoms. The minimum absolute atomic E-state index is 0.0163. The van der Waals surface area contributed by atoms with Crippen LogP contribution in [0.15, 0.2) is 36.5 Å². The third-order valence-corrected chi connectivity index (χ3v) is 3.86. The topological polar surface area (TPSA) is 79.4 Å². The average molecular weight is 348 g/mol. The van der Waals surface area contributed by atoms with E-state index in [9.17, 15) is 18.8 Å². The van der Waals surface area contributed by atoms with E-state index >= 15 is 0 Å². The summed E-state index contributed by atoms with van der Waals surface area (Å²) < 4.78 is 13.7. The molecular formula is C16H11ClFN3O3. The monoisotopic (exact) mass is 347 g/mol. The molecule has 1 aromatic heterocycles. The van der Waals surface area contributed by atoms with Gasteiger partial charge in [-0.25, -0.2) is 4.39 Å². The summed E-state index contributed by atoms with van der Waals surface area (Å²) in [6.07, 6.45) is 1.43. The van der Waals surface area contributed by atoms with E-state index < -0.39 is 23.5 Å². The lowest BCUT2D eigenvalue weighted by Gasteiger charge is -2.14. The van der Waals surface area contributed by atoms with Crippen LogP contribution in [0.2, 0.25) is 5.02 Å². The van der Waals surface area contributed by atoms with Crippen LogP contribution in [0.4, 0.5) is 4.39 Å². The molecule has 0 saturated carbocycles. The first-order valence-corrected chi connectivity index (χ1v) is 7.42. The maximum atomic E-state index is 13.7. The van der Waals surface area contributed by atoms with Gasteiger partial charge in [0, 0.05) is 19.3 Å². The van der Waals surface area contributed by atoms with E-state index in [-0.39, 0.29) is 34.9 Å². The zero-order valence-electron chi connectivity index (χ0n) is 12.3. The molecule has 0 fully saturated rings. The first-order valence-electron chi connectivity index (χ1n) is 7.04. The van der Waals surface area contributed by atoms with Gasteiger partial charge in [0.05, 0.1) is 16.1 Å². The molecule has 1 aromatic carbocycles. The zero-order chi connectivity index (χ0) is 17.3. The number of imide groups is 1. The van der Waals surface area contributed by atoms with Crippen molar-refractivity contribution in [2.45, 2.75) is 0 Å². The van der Waals surface area contributed by atoms with Gasteiger partial charge in [-0.05, 0) is 24.3 Å². The highest BCUT2D eigenvalue weighted by atomic mass is 35.5. The second-order valence-electron chi connectivity index (χ2n) is 5.01. The van der Waals surface area contributed by atoms with Crippen molar-refractivity contribution >= 4 is 29.3 Å². The first-order chi connectivity index (χ1) is 11.5. The molecule has 0 atom stereocenters. The molecule has 0 bridgehead atoms. The van der Waals surface area contributed by atoms with Crippen molar-refractivity contribution in [3.8, 4) is 0 Å². The summed E-state index contributed by atoms with van der Waals surface area (Å²) in [6, 6.07) is 6.99. The number of rotatable bonds is 4. The Hall–Kier alpha value is -2.80. The number of carbonyl (C=O) groups is 3. The highest BCUT2D eigenvalue weighted by Gasteiger charge is 2.36. The summed E-state index contributed by atoms with van der Waals surface area (Å²) in [7, 11) is 0. The number of pyridine rings is 1. The summed E-state index contributed by atoms with van der Waals surface area (Å²) in [5.74, 6) is -2.45. The SMILES string of the molecule is O=C(NCCN1C(=O)c2cccnc2C1=O)c1c(F)cccc1Cl. The van der Waals surface area contributed by atoms with Crippen LogP contribution in [0, 0.1) is 5.82 Å². The maximum absolute atomic E-state index is 13.7. The van der Waals surface area contributed by atoms with Crippen molar-refractivity contribution in [2.75, 3.05) is 13.1 Å². The summed E-state index contributed by atoms with van der Waals surface area (Å²) >= 11 is 5.81. The number of nitrogens with zero attached hydrogens (tertiary/aromatic N) is 2. The Morgan fingerprint density at radius 3 is 2.71 bits per heavy atom. The van der Waals surface area contributed by atoms with Gasteiger partial charge in [0.1, 0.15) is 11.5 Å². The second-order valence-corrected chi connectivity index (χ2v) is 5.42. The Morgan fingerprint density at radius 1 is 1.21 bits per heavy atom. The van der Waals surface area contributed by atoms with Crippen LogP contribution in [0.1, 0.15) is 31.2 Å². The van der Waals surface area contributed by atoms with Crippen molar-refractivity contribution in [3.63, 3.8) is 0 Å². The van der Waals surface area contributed by atoms with Crippen LogP contribution in [0.25, 0.3) is 0 Å². The van der Waals surface area contributed by atoms with Crippen LogP contribution >= 0.6 is 11.6 Å². The highest BCUT2D eigenvalue weighted by molar-refractivity contribution is 6.33. The Morgan fingerprint density at radius 2 is 2.00 bits per heavy atom. The predicted molar refractivity (Wildman–Crippen MR) is 83.3 cm³/mol. The molecule has 1 N–H and O–H groups in total. The van der Waals surface area contributed by atoms with E-state index in [2.05, 4.69) is 10.3 Å². The number of nitrogens with one attached hydrogen (secondary N) is 1. The molecule has 0 spiro atoms. The Balaban J connectivity index is 1.65. The zero-order valence-corrected chi connectivity index (χ0v) is 13.0. The quantitative estimate of drug-likeness (QED) is 0.857. The lowest BCUT2D eigenvalue weighted by molar-refractivity contribution is 0.0648. The maximum Gasteiger partial charge on any atom is 0.280 e. The minimum atomic E-state index is -0.745. The van der Waals surface area contributed by atoms with Crippen molar-refractivity contribution < 1.29 is 18.8 Å². The summed E-state index contributed by atoms with van der Waals surface area (Å²) in [4.78, 5) is 41.1. The molecule has 0 unspecified atom stereocenters. The fourth-order valence-corrected chi connectivity index (χ4v) is 2.65. The normalized spacial score (nSPS) is 13.2. The van der Waals surface area contributed by atoms with Gasteiger partial charge in [-0.15, -0.1) is 0 Å². The molecule has 0 saturated heterocycles. The van der Waals surface area contributed by atoms with Gasteiger partial charge < -0.3 is 5.32 Å². The number of aromatic nitrogens is 1. The molecule has 1 aliphatic rings. The van der Waals surface area contributed by atoms with Gasteiger partial charge in [0.2, 0.25) is 0 Å². The molecule has 24 heavy (non-hydrogen) atoms. The van der Waals surface area contributed by atoms with Crippen molar-refractivity contribution in [1.82, 2.24) is 15.2 Å². The average Bonchev–Trinajstić information content (AvgIpc) is 2.80. The van der Waals surface area contributed by atoms with Crippen molar-refractivity contribution in [3.05, 3.63) is 64.2 Å². The van der Waals surface area contributed by atoms with E-state index in [4.69, 9.17) is 11.6 Å². The van der Waals surface area contributed by atoms with Gasteiger partial charge in [-0.3, -0.25) is 24.3 Å². The second kappa shape index (κ2) is 6.37. The van der Waals surface area contributed by atoms with E-state index in [1.165, 1.54) is 24.4 Å². The molecule has 1 aliphatic heterocycles. The molecule has 0 radical (unpaired) electrons. The number of fused-ring (bicyclic) bond motifs is 1. The third-order valence-electron chi connectivity index (χ3n) is 3.54. The Labute approximate surface area is 141 Å². The Kier molecular flexibility index (Phi) is 4.26. The largest absolute Gasteiger partial charge is 0.350 e. The number of hydrogen-bond acceptors (Lipinski definition) is 4. The highest BCUT2D eigenvalue weighted by Crippen LogP contribution is 2.20. The number of amides is 3. The summed E-state index contributed by atoms with van der Waals surface area (Å²) in [6.45, 7) is -0.0825. The third kappa shape index (κ3) is 2.74. The van der Waals surface area contributed by atoms with E-state index in [0.29, 0.717) is 0 Å². The molecule has 3 amide bonds.